The van der Waals surface area contributed by atoms with Gasteiger partial charge in [0.1, 0.15) is 6.33 Å². The normalized spacial score (nSPS) is 11.2. The number of aryl methyl sites for hydroxylation is 1. The zero-order valence-electron chi connectivity index (χ0n) is 12.9. The molecule has 0 saturated carbocycles. The summed E-state index contributed by atoms with van der Waals surface area (Å²) < 4.78 is 28.7. The van der Waals surface area contributed by atoms with Crippen molar-refractivity contribution in [2.24, 2.45) is 0 Å². The lowest BCUT2D eigenvalue weighted by molar-refractivity contribution is -0.255. The van der Waals surface area contributed by atoms with E-state index >= 15 is 0 Å². The van der Waals surface area contributed by atoms with Gasteiger partial charge in [0.05, 0.1) is 16.6 Å². The number of benzene rings is 2. The van der Waals surface area contributed by atoms with E-state index in [1.807, 2.05) is 0 Å². The highest BCUT2D eigenvalue weighted by molar-refractivity contribution is 7.92. The molecule has 128 valence electrons. The number of aromatic carboxylic acids is 1. The molecule has 1 heterocycles. The Kier molecular flexibility index (Phi) is 4.19. The van der Waals surface area contributed by atoms with Crippen molar-refractivity contribution in [1.29, 1.82) is 0 Å². The summed E-state index contributed by atoms with van der Waals surface area (Å²) in [6.07, 6.45) is 1.41. The van der Waals surface area contributed by atoms with Crippen molar-refractivity contribution in [3.8, 4) is 5.69 Å². The first kappa shape index (κ1) is 16.6. The number of carbonyl (C=O) groups is 1. The van der Waals surface area contributed by atoms with Gasteiger partial charge in [0.2, 0.25) is 0 Å². The summed E-state index contributed by atoms with van der Waals surface area (Å²) in [5, 5.41) is 21.8. The maximum Gasteiger partial charge on any atom is 0.261 e. The van der Waals surface area contributed by atoms with Gasteiger partial charge in [-0.3, -0.25) is 4.72 Å². The lowest BCUT2D eigenvalue weighted by Crippen LogP contribution is -2.24. The SMILES string of the molecule is Cc1ccc(S(=O)(=O)Nc2ccc(-n3cnnn3)cc2)cc1C(=O)[O-]. The summed E-state index contributed by atoms with van der Waals surface area (Å²) in [5.41, 5.74) is 1.22. The summed E-state index contributed by atoms with van der Waals surface area (Å²) in [5.74, 6) is -1.43. The van der Waals surface area contributed by atoms with E-state index in [9.17, 15) is 18.3 Å². The number of hydrogen-bond donors (Lipinski definition) is 1. The molecule has 9 nitrogen and oxygen atoms in total. The Hall–Kier alpha value is -3.27. The average molecular weight is 358 g/mol. The molecule has 0 atom stereocenters. The van der Waals surface area contributed by atoms with Crippen LogP contribution in [0.2, 0.25) is 0 Å². The van der Waals surface area contributed by atoms with Gasteiger partial charge < -0.3 is 9.90 Å². The standard InChI is InChI=1S/C15H13N5O4S/c1-10-2-7-13(8-14(10)15(21)22)25(23,24)17-11-3-5-12(6-4-11)20-9-16-18-19-20/h2-9,17H,1H3,(H,21,22)/p-1. The molecule has 1 N–H and O–H groups in total. The maximum absolute atomic E-state index is 12.4. The lowest BCUT2D eigenvalue weighted by Gasteiger charge is -2.12. The van der Waals surface area contributed by atoms with Gasteiger partial charge in [0, 0.05) is 11.3 Å². The third-order valence-electron chi connectivity index (χ3n) is 3.47. The molecule has 25 heavy (non-hydrogen) atoms. The molecule has 0 aliphatic carbocycles. The molecule has 0 aliphatic rings. The summed E-state index contributed by atoms with van der Waals surface area (Å²) in [6.45, 7) is 1.56. The van der Waals surface area contributed by atoms with Crippen LogP contribution in [0.4, 0.5) is 5.69 Å². The van der Waals surface area contributed by atoms with Gasteiger partial charge in [-0.15, -0.1) is 5.10 Å². The summed E-state index contributed by atoms with van der Waals surface area (Å²) in [6, 6.07) is 10.2. The number of carboxylic acid groups (broad SMARTS) is 1. The maximum atomic E-state index is 12.4. The Bertz CT molecular complexity index is 1010. The first-order valence-electron chi connectivity index (χ1n) is 7.05. The van der Waals surface area contributed by atoms with Crippen molar-refractivity contribution in [3.05, 3.63) is 59.9 Å². The van der Waals surface area contributed by atoms with Crippen LogP contribution in [-0.4, -0.2) is 34.6 Å². The van der Waals surface area contributed by atoms with Gasteiger partial charge in [-0.05, 0) is 59.3 Å². The van der Waals surface area contributed by atoms with Gasteiger partial charge in [-0.25, -0.2) is 13.1 Å². The van der Waals surface area contributed by atoms with Crippen molar-refractivity contribution >= 4 is 21.7 Å². The van der Waals surface area contributed by atoms with E-state index in [0.717, 1.165) is 6.07 Å². The zero-order valence-corrected chi connectivity index (χ0v) is 13.8. The minimum Gasteiger partial charge on any atom is -0.545 e. The Morgan fingerprint density at radius 2 is 1.88 bits per heavy atom. The summed E-state index contributed by atoms with van der Waals surface area (Å²) >= 11 is 0. The van der Waals surface area contributed by atoms with Gasteiger partial charge in [0.15, 0.2) is 0 Å². The van der Waals surface area contributed by atoms with E-state index in [0.29, 0.717) is 16.9 Å². The van der Waals surface area contributed by atoms with E-state index in [1.165, 1.54) is 23.1 Å². The number of carboxylic acids is 1. The van der Waals surface area contributed by atoms with Crippen LogP contribution in [0.5, 0.6) is 0 Å². The number of aromatic nitrogens is 4. The molecule has 0 amide bonds. The lowest BCUT2D eigenvalue weighted by atomic mass is 10.1. The molecule has 0 spiro atoms. The van der Waals surface area contributed by atoms with E-state index in [2.05, 4.69) is 20.2 Å². The van der Waals surface area contributed by atoms with E-state index in [4.69, 9.17) is 0 Å². The molecule has 10 heteroatoms. The first-order chi connectivity index (χ1) is 11.9. The number of anilines is 1. The highest BCUT2D eigenvalue weighted by atomic mass is 32.2. The first-order valence-corrected chi connectivity index (χ1v) is 8.53. The zero-order chi connectivity index (χ0) is 18.0. The van der Waals surface area contributed by atoms with E-state index in [1.54, 1.807) is 31.2 Å². The summed E-state index contributed by atoms with van der Waals surface area (Å²) in [4.78, 5) is 10.9. The second-order valence-corrected chi connectivity index (χ2v) is 6.85. The number of nitrogens with zero attached hydrogens (tertiary/aromatic N) is 4. The number of hydrogen-bond acceptors (Lipinski definition) is 7. The minimum absolute atomic E-state index is 0.165. The molecule has 0 fully saturated rings. The van der Waals surface area contributed by atoms with Crippen molar-refractivity contribution < 1.29 is 18.3 Å². The van der Waals surface area contributed by atoms with Crippen molar-refractivity contribution in [1.82, 2.24) is 20.2 Å². The van der Waals surface area contributed by atoms with Crippen LogP contribution >= 0.6 is 0 Å². The number of rotatable bonds is 5. The fraction of sp³-hybridized carbons (Fsp3) is 0.0667. The Morgan fingerprint density at radius 3 is 2.48 bits per heavy atom. The number of nitrogens with one attached hydrogen (secondary N) is 1. The fourth-order valence-electron chi connectivity index (χ4n) is 2.16. The van der Waals surface area contributed by atoms with Crippen LogP contribution in [0.1, 0.15) is 15.9 Å². The van der Waals surface area contributed by atoms with Crippen LogP contribution in [-0.2, 0) is 10.0 Å². The Labute approximate surface area is 143 Å². The van der Waals surface area contributed by atoms with Crippen LogP contribution in [0, 0.1) is 6.92 Å². The van der Waals surface area contributed by atoms with Gasteiger partial charge in [-0.1, -0.05) is 6.07 Å². The van der Waals surface area contributed by atoms with Gasteiger partial charge in [0.25, 0.3) is 10.0 Å². The van der Waals surface area contributed by atoms with Crippen LogP contribution < -0.4 is 9.83 Å². The van der Waals surface area contributed by atoms with E-state index in [-0.39, 0.29) is 10.5 Å². The molecule has 3 rings (SSSR count). The third-order valence-corrected chi connectivity index (χ3v) is 4.85. The Morgan fingerprint density at radius 1 is 1.16 bits per heavy atom. The molecule has 0 bridgehead atoms. The van der Waals surface area contributed by atoms with Crippen molar-refractivity contribution in [2.75, 3.05) is 4.72 Å². The molecule has 1 aromatic heterocycles. The van der Waals surface area contributed by atoms with Crippen LogP contribution in [0.3, 0.4) is 0 Å². The van der Waals surface area contributed by atoms with Crippen molar-refractivity contribution in [3.63, 3.8) is 0 Å². The number of tetrazole rings is 1. The quantitative estimate of drug-likeness (QED) is 0.686. The average Bonchev–Trinajstić information content (AvgIpc) is 3.09. The molecular formula is C15H12N5O4S-. The predicted molar refractivity (Wildman–Crippen MR) is 85.5 cm³/mol. The number of carbonyl (C=O) groups excluding carboxylic acids is 1. The van der Waals surface area contributed by atoms with Gasteiger partial charge in [-0.2, -0.15) is 0 Å². The smallest absolute Gasteiger partial charge is 0.261 e. The molecule has 0 aliphatic heterocycles. The predicted octanol–water partition coefficient (Wildman–Crippen LogP) is 0.135. The largest absolute Gasteiger partial charge is 0.545 e. The summed E-state index contributed by atoms with van der Waals surface area (Å²) in [7, 11) is -3.94. The third kappa shape index (κ3) is 3.48. The van der Waals surface area contributed by atoms with Crippen molar-refractivity contribution in [2.45, 2.75) is 11.8 Å². The molecule has 2 aromatic carbocycles. The molecular weight excluding hydrogens is 346 g/mol. The monoisotopic (exact) mass is 358 g/mol. The van der Waals surface area contributed by atoms with Gasteiger partial charge >= 0.3 is 0 Å². The fourth-order valence-corrected chi connectivity index (χ4v) is 3.25. The second-order valence-electron chi connectivity index (χ2n) is 5.17. The van der Waals surface area contributed by atoms with Crippen LogP contribution in [0.25, 0.3) is 5.69 Å². The molecule has 0 saturated heterocycles. The second kappa shape index (κ2) is 6.32. The topological polar surface area (TPSA) is 130 Å². The highest BCUT2D eigenvalue weighted by Crippen LogP contribution is 2.20. The minimum atomic E-state index is -3.94. The van der Waals surface area contributed by atoms with Crippen LogP contribution in [0.15, 0.2) is 53.7 Å². The van der Waals surface area contributed by atoms with E-state index < -0.39 is 16.0 Å². The Balaban J connectivity index is 1.86. The number of sulfonamides is 1. The molecule has 0 unspecified atom stereocenters. The highest BCUT2D eigenvalue weighted by Gasteiger charge is 2.16. The molecule has 3 aromatic rings. The molecule has 0 radical (unpaired) electrons.